The lowest BCUT2D eigenvalue weighted by Crippen LogP contribution is -2.26. The molecule has 0 aliphatic rings. The largest absolute Gasteiger partial charge is 0.481 e. The van der Waals surface area contributed by atoms with Gasteiger partial charge < -0.3 is 10.8 Å². The van der Waals surface area contributed by atoms with Crippen molar-refractivity contribution in [2.75, 3.05) is 6.54 Å². The molecule has 0 fully saturated rings. The summed E-state index contributed by atoms with van der Waals surface area (Å²) in [6.45, 7) is 2.34. The highest BCUT2D eigenvalue weighted by Crippen LogP contribution is 2.11. The van der Waals surface area contributed by atoms with Crippen LogP contribution in [0.5, 0.6) is 0 Å². The number of Topliss-reactive ketones (excluding diaryl/α,β-unsaturated/α-hetero) is 1. The van der Waals surface area contributed by atoms with Gasteiger partial charge in [-0.15, -0.1) is 0 Å². The van der Waals surface area contributed by atoms with Gasteiger partial charge in [0.1, 0.15) is 11.7 Å². The fourth-order valence-corrected chi connectivity index (χ4v) is 1.49. The number of carbonyl (C=O) groups excluding carboxylic acids is 1. The summed E-state index contributed by atoms with van der Waals surface area (Å²) in [6.07, 6.45) is 4.62. The van der Waals surface area contributed by atoms with E-state index in [0.29, 0.717) is 6.42 Å². The average Bonchev–Trinajstić information content (AvgIpc) is 2.20. The Morgan fingerprint density at radius 2 is 1.93 bits per heavy atom. The van der Waals surface area contributed by atoms with Crippen molar-refractivity contribution >= 4 is 11.8 Å². The number of carboxylic acids is 1. The molecule has 0 aromatic rings. The normalized spacial score (nSPS) is 12.4. The van der Waals surface area contributed by atoms with Crippen LogP contribution in [0.25, 0.3) is 0 Å². The highest BCUT2D eigenvalue weighted by atomic mass is 16.4. The smallest absolute Gasteiger partial charge is 0.314 e. The van der Waals surface area contributed by atoms with Crippen molar-refractivity contribution < 1.29 is 14.7 Å². The molecule has 0 aromatic heterocycles. The van der Waals surface area contributed by atoms with Crippen LogP contribution in [-0.2, 0) is 9.59 Å². The number of carboxylic acid groups (broad SMARTS) is 1. The van der Waals surface area contributed by atoms with E-state index in [0.717, 1.165) is 25.7 Å². The molecule has 0 spiro atoms. The third kappa shape index (κ3) is 6.23. The molecule has 0 rings (SSSR count). The lowest BCUT2D eigenvalue weighted by molar-refractivity contribution is -0.146. The van der Waals surface area contributed by atoms with E-state index >= 15 is 0 Å². The van der Waals surface area contributed by atoms with Crippen molar-refractivity contribution in [1.82, 2.24) is 0 Å². The third-order valence-electron chi connectivity index (χ3n) is 2.42. The number of aliphatic carboxylic acids is 1. The van der Waals surface area contributed by atoms with E-state index in [9.17, 15) is 9.59 Å². The first-order chi connectivity index (χ1) is 7.13. The molecule has 1 atom stereocenters. The zero-order chi connectivity index (χ0) is 11.7. The minimum atomic E-state index is -1.04. The summed E-state index contributed by atoms with van der Waals surface area (Å²) in [5.74, 6) is -2.11. The van der Waals surface area contributed by atoms with Gasteiger partial charge >= 0.3 is 5.97 Å². The molecule has 0 aliphatic heterocycles. The first-order valence-electron chi connectivity index (χ1n) is 5.59. The van der Waals surface area contributed by atoms with E-state index in [1.54, 1.807) is 0 Å². The summed E-state index contributed by atoms with van der Waals surface area (Å²) >= 11 is 0. The molecule has 15 heavy (non-hydrogen) atoms. The van der Waals surface area contributed by atoms with Crippen molar-refractivity contribution in [3.63, 3.8) is 0 Å². The van der Waals surface area contributed by atoms with Crippen LogP contribution in [0.4, 0.5) is 0 Å². The zero-order valence-electron chi connectivity index (χ0n) is 9.37. The van der Waals surface area contributed by atoms with Crippen molar-refractivity contribution in [3.05, 3.63) is 0 Å². The Hall–Kier alpha value is -0.900. The van der Waals surface area contributed by atoms with E-state index < -0.39 is 11.9 Å². The Kier molecular flexibility index (Phi) is 7.91. The Balaban J connectivity index is 3.87. The highest BCUT2D eigenvalue weighted by Gasteiger charge is 2.24. The molecular weight excluding hydrogens is 194 g/mol. The van der Waals surface area contributed by atoms with E-state index in [2.05, 4.69) is 6.92 Å². The van der Waals surface area contributed by atoms with Gasteiger partial charge in [-0.3, -0.25) is 9.59 Å². The van der Waals surface area contributed by atoms with Crippen LogP contribution >= 0.6 is 0 Å². The predicted molar refractivity (Wildman–Crippen MR) is 58.6 cm³/mol. The van der Waals surface area contributed by atoms with Crippen LogP contribution in [0, 0.1) is 5.92 Å². The minimum Gasteiger partial charge on any atom is -0.481 e. The number of carbonyl (C=O) groups is 2. The second-order valence-electron chi connectivity index (χ2n) is 3.75. The number of unbranched alkanes of at least 4 members (excludes halogenated alkanes) is 3. The standard InChI is InChI=1S/C11H21NO3/c1-2-3-4-5-6-10(13)9(7-8-12)11(14)15/h9H,2-8,12H2,1H3,(H,14,15). The second-order valence-corrected chi connectivity index (χ2v) is 3.75. The van der Waals surface area contributed by atoms with Crippen LogP contribution in [0.15, 0.2) is 0 Å². The van der Waals surface area contributed by atoms with Gasteiger partial charge in [-0.1, -0.05) is 26.2 Å². The number of rotatable bonds is 9. The molecule has 0 aromatic carbocycles. The Labute approximate surface area is 90.8 Å². The summed E-state index contributed by atoms with van der Waals surface area (Å²) in [5, 5.41) is 8.80. The number of ketones is 1. The molecule has 4 nitrogen and oxygen atoms in total. The van der Waals surface area contributed by atoms with E-state index in [1.165, 1.54) is 0 Å². The van der Waals surface area contributed by atoms with Gasteiger partial charge in [-0.2, -0.15) is 0 Å². The van der Waals surface area contributed by atoms with Crippen LogP contribution in [0.3, 0.4) is 0 Å². The van der Waals surface area contributed by atoms with Gasteiger partial charge in [0.15, 0.2) is 0 Å². The maximum absolute atomic E-state index is 11.5. The molecule has 1 unspecified atom stereocenters. The quantitative estimate of drug-likeness (QED) is 0.452. The van der Waals surface area contributed by atoms with Crippen LogP contribution in [-0.4, -0.2) is 23.4 Å². The van der Waals surface area contributed by atoms with Crippen LogP contribution < -0.4 is 5.73 Å². The van der Waals surface area contributed by atoms with Crippen LogP contribution in [0.2, 0.25) is 0 Å². The molecule has 0 amide bonds. The SMILES string of the molecule is CCCCCCC(=O)C(CCN)C(=O)O. The van der Waals surface area contributed by atoms with Gasteiger partial charge in [-0.05, 0) is 19.4 Å². The summed E-state index contributed by atoms with van der Waals surface area (Å²) in [7, 11) is 0. The molecule has 0 heterocycles. The highest BCUT2D eigenvalue weighted by molar-refractivity contribution is 5.98. The zero-order valence-corrected chi connectivity index (χ0v) is 9.37. The lowest BCUT2D eigenvalue weighted by atomic mass is 9.96. The monoisotopic (exact) mass is 215 g/mol. The summed E-state index contributed by atoms with van der Waals surface area (Å²) in [5.41, 5.74) is 5.27. The Morgan fingerprint density at radius 1 is 1.27 bits per heavy atom. The molecule has 0 aliphatic carbocycles. The van der Waals surface area contributed by atoms with Crippen LogP contribution in [0.1, 0.15) is 45.4 Å². The second kappa shape index (κ2) is 8.41. The van der Waals surface area contributed by atoms with Crippen molar-refractivity contribution in [2.45, 2.75) is 45.4 Å². The van der Waals surface area contributed by atoms with Gasteiger partial charge in [0.05, 0.1) is 0 Å². The van der Waals surface area contributed by atoms with Crippen molar-refractivity contribution in [3.8, 4) is 0 Å². The first kappa shape index (κ1) is 14.1. The number of hydrogen-bond acceptors (Lipinski definition) is 3. The molecule has 0 radical (unpaired) electrons. The molecule has 3 N–H and O–H groups in total. The minimum absolute atomic E-state index is 0.177. The Bertz CT molecular complexity index is 204. The molecule has 0 saturated heterocycles. The lowest BCUT2D eigenvalue weighted by Gasteiger charge is -2.09. The first-order valence-corrected chi connectivity index (χ1v) is 5.59. The maximum atomic E-state index is 11.5. The fourth-order valence-electron chi connectivity index (χ4n) is 1.49. The van der Waals surface area contributed by atoms with E-state index in [1.807, 2.05) is 0 Å². The average molecular weight is 215 g/mol. The molecule has 0 bridgehead atoms. The van der Waals surface area contributed by atoms with Gasteiger partial charge in [-0.25, -0.2) is 0 Å². The van der Waals surface area contributed by atoms with E-state index in [-0.39, 0.29) is 18.7 Å². The number of hydrogen-bond donors (Lipinski definition) is 2. The predicted octanol–water partition coefficient (Wildman–Crippen LogP) is 1.58. The van der Waals surface area contributed by atoms with Crippen molar-refractivity contribution in [2.24, 2.45) is 11.7 Å². The van der Waals surface area contributed by atoms with Gasteiger partial charge in [0.2, 0.25) is 0 Å². The molecule has 88 valence electrons. The topological polar surface area (TPSA) is 80.4 Å². The van der Waals surface area contributed by atoms with Gasteiger partial charge in [0, 0.05) is 6.42 Å². The summed E-state index contributed by atoms with van der Waals surface area (Å²) in [6, 6.07) is 0. The molecule has 4 heteroatoms. The van der Waals surface area contributed by atoms with Crippen molar-refractivity contribution in [1.29, 1.82) is 0 Å². The maximum Gasteiger partial charge on any atom is 0.314 e. The van der Waals surface area contributed by atoms with E-state index in [4.69, 9.17) is 10.8 Å². The fraction of sp³-hybridized carbons (Fsp3) is 0.818. The molecular formula is C11H21NO3. The molecule has 0 saturated carbocycles. The summed E-state index contributed by atoms with van der Waals surface area (Å²) < 4.78 is 0. The third-order valence-corrected chi connectivity index (χ3v) is 2.42. The Morgan fingerprint density at radius 3 is 2.40 bits per heavy atom. The summed E-state index contributed by atoms with van der Waals surface area (Å²) in [4.78, 5) is 22.2. The van der Waals surface area contributed by atoms with Gasteiger partial charge in [0.25, 0.3) is 0 Å². The number of nitrogens with two attached hydrogens (primary N) is 1.